The minimum Gasteiger partial charge on any atom is -0.465 e. The quantitative estimate of drug-likeness (QED) is 0.633. The number of anilines is 3. The molecule has 3 rings (SSSR count). The van der Waals surface area contributed by atoms with Gasteiger partial charge in [-0.05, 0) is 48.9 Å². The number of rotatable bonds is 6. The number of nitrogens with one attached hydrogen (secondary N) is 2. The number of amides is 1. The molecule has 0 bridgehead atoms. The molecule has 0 aliphatic heterocycles. The van der Waals surface area contributed by atoms with Crippen LogP contribution in [0, 0.1) is 6.92 Å². The van der Waals surface area contributed by atoms with Gasteiger partial charge < -0.3 is 15.4 Å². The highest BCUT2D eigenvalue weighted by Crippen LogP contribution is 2.20. The van der Waals surface area contributed by atoms with Crippen molar-refractivity contribution in [3.05, 3.63) is 64.8 Å². The molecule has 1 amide bonds. The highest BCUT2D eigenvalue weighted by atomic mass is 32.1. The average Bonchev–Trinajstić information content (AvgIpc) is 3.08. The molecule has 2 heterocycles. The molecule has 27 heavy (non-hydrogen) atoms. The number of aromatic nitrogens is 2. The summed E-state index contributed by atoms with van der Waals surface area (Å²) in [5.74, 6) is 0.107. The maximum Gasteiger partial charge on any atom is 0.337 e. The van der Waals surface area contributed by atoms with Crippen molar-refractivity contribution in [2.45, 2.75) is 13.3 Å². The summed E-state index contributed by atoms with van der Waals surface area (Å²) in [5, 5.41) is 8.42. The van der Waals surface area contributed by atoms with E-state index >= 15 is 0 Å². The van der Waals surface area contributed by atoms with Crippen LogP contribution in [0.2, 0.25) is 0 Å². The van der Waals surface area contributed by atoms with Crippen LogP contribution in [0.5, 0.6) is 0 Å². The molecular formula is C19H18N4O3S. The lowest BCUT2D eigenvalue weighted by atomic mass is 10.2. The third-order valence-corrected chi connectivity index (χ3v) is 4.44. The van der Waals surface area contributed by atoms with E-state index in [1.165, 1.54) is 18.4 Å². The second-order valence-electron chi connectivity index (χ2n) is 5.78. The van der Waals surface area contributed by atoms with E-state index in [-0.39, 0.29) is 12.3 Å². The van der Waals surface area contributed by atoms with E-state index in [1.807, 2.05) is 24.4 Å². The summed E-state index contributed by atoms with van der Waals surface area (Å²) in [6.45, 7) is 1.99. The molecular weight excluding hydrogens is 364 g/mol. The number of nitrogens with zero attached hydrogens (tertiary/aromatic N) is 2. The van der Waals surface area contributed by atoms with Gasteiger partial charge in [-0.25, -0.2) is 14.8 Å². The first-order valence-electron chi connectivity index (χ1n) is 8.16. The van der Waals surface area contributed by atoms with Crippen LogP contribution >= 0.6 is 11.3 Å². The van der Waals surface area contributed by atoms with Gasteiger partial charge in [-0.3, -0.25) is 4.79 Å². The summed E-state index contributed by atoms with van der Waals surface area (Å²) < 4.78 is 4.64. The summed E-state index contributed by atoms with van der Waals surface area (Å²) >= 11 is 1.41. The standard InChI is InChI=1S/C19H18N4O3S/c1-12-7-8-20-16(9-12)23-19-22-15(11-27-19)10-17(24)21-14-5-3-13(4-6-14)18(25)26-2/h3-9,11H,10H2,1-2H3,(H,21,24)(H,20,22,23). The van der Waals surface area contributed by atoms with Crippen molar-refractivity contribution < 1.29 is 14.3 Å². The number of thiazole rings is 1. The molecule has 2 N–H and O–H groups in total. The van der Waals surface area contributed by atoms with E-state index in [0.29, 0.717) is 27.9 Å². The molecule has 0 unspecified atom stereocenters. The first kappa shape index (κ1) is 18.5. The van der Waals surface area contributed by atoms with E-state index in [0.717, 1.165) is 5.56 Å². The van der Waals surface area contributed by atoms with E-state index in [4.69, 9.17) is 0 Å². The average molecular weight is 382 g/mol. The number of carbonyl (C=O) groups excluding carboxylic acids is 2. The Labute approximate surface area is 160 Å². The number of carbonyl (C=O) groups is 2. The van der Waals surface area contributed by atoms with Crippen molar-refractivity contribution in [1.29, 1.82) is 0 Å². The molecule has 0 saturated heterocycles. The molecule has 0 saturated carbocycles. The molecule has 0 aliphatic rings. The number of hydrogen-bond donors (Lipinski definition) is 2. The number of aryl methyl sites for hydroxylation is 1. The van der Waals surface area contributed by atoms with Crippen LogP contribution in [0.4, 0.5) is 16.6 Å². The Hall–Kier alpha value is -3.26. The summed E-state index contributed by atoms with van der Waals surface area (Å²) in [6.07, 6.45) is 1.88. The van der Waals surface area contributed by atoms with Crippen LogP contribution in [-0.4, -0.2) is 29.0 Å². The van der Waals surface area contributed by atoms with E-state index < -0.39 is 5.97 Å². The van der Waals surface area contributed by atoms with Gasteiger partial charge in [0.15, 0.2) is 5.13 Å². The molecule has 3 aromatic rings. The molecule has 2 aromatic heterocycles. The first-order valence-corrected chi connectivity index (χ1v) is 9.04. The lowest BCUT2D eigenvalue weighted by molar-refractivity contribution is -0.115. The summed E-state index contributed by atoms with van der Waals surface area (Å²) in [6, 6.07) is 10.3. The fraction of sp³-hybridized carbons (Fsp3) is 0.158. The molecule has 0 radical (unpaired) electrons. The zero-order valence-corrected chi connectivity index (χ0v) is 15.7. The summed E-state index contributed by atoms with van der Waals surface area (Å²) in [4.78, 5) is 32.3. The largest absolute Gasteiger partial charge is 0.465 e. The third-order valence-electron chi connectivity index (χ3n) is 3.63. The van der Waals surface area contributed by atoms with Gasteiger partial charge in [0.1, 0.15) is 5.82 Å². The molecule has 0 spiro atoms. The Morgan fingerprint density at radius 1 is 1.19 bits per heavy atom. The molecule has 0 aliphatic carbocycles. The van der Waals surface area contributed by atoms with Crippen LogP contribution in [0.3, 0.4) is 0 Å². The van der Waals surface area contributed by atoms with Gasteiger partial charge in [-0.15, -0.1) is 11.3 Å². The molecule has 8 heteroatoms. The highest BCUT2D eigenvalue weighted by molar-refractivity contribution is 7.13. The number of hydrogen-bond acceptors (Lipinski definition) is 7. The maximum absolute atomic E-state index is 12.2. The number of esters is 1. The van der Waals surface area contributed by atoms with Gasteiger partial charge in [0.25, 0.3) is 0 Å². The van der Waals surface area contributed by atoms with E-state index in [9.17, 15) is 9.59 Å². The number of benzene rings is 1. The van der Waals surface area contributed by atoms with Crippen LogP contribution in [-0.2, 0) is 16.0 Å². The lowest BCUT2D eigenvalue weighted by Crippen LogP contribution is -2.14. The van der Waals surface area contributed by atoms with Crippen molar-refractivity contribution in [2.75, 3.05) is 17.7 Å². The zero-order valence-electron chi connectivity index (χ0n) is 14.9. The molecule has 7 nitrogen and oxygen atoms in total. The Bertz CT molecular complexity index is 954. The fourth-order valence-corrected chi connectivity index (χ4v) is 3.05. The van der Waals surface area contributed by atoms with E-state index in [2.05, 4.69) is 25.3 Å². The molecule has 0 atom stereocenters. The molecule has 0 fully saturated rings. The van der Waals surface area contributed by atoms with Crippen molar-refractivity contribution in [3.63, 3.8) is 0 Å². The van der Waals surface area contributed by atoms with Crippen LogP contribution in [0.25, 0.3) is 0 Å². The Balaban J connectivity index is 1.57. The van der Waals surface area contributed by atoms with Crippen molar-refractivity contribution in [3.8, 4) is 0 Å². The normalized spacial score (nSPS) is 10.3. The minimum absolute atomic E-state index is 0.151. The fourth-order valence-electron chi connectivity index (χ4n) is 2.34. The van der Waals surface area contributed by atoms with Crippen LogP contribution < -0.4 is 10.6 Å². The van der Waals surface area contributed by atoms with Gasteiger partial charge in [-0.2, -0.15) is 0 Å². The predicted octanol–water partition coefficient (Wildman–Crippen LogP) is 3.56. The van der Waals surface area contributed by atoms with Crippen molar-refractivity contribution in [1.82, 2.24) is 9.97 Å². The smallest absolute Gasteiger partial charge is 0.337 e. The SMILES string of the molecule is COC(=O)c1ccc(NC(=O)Cc2csc(Nc3cc(C)ccn3)n2)cc1. The van der Waals surface area contributed by atoms with Gasteiger partial charge >= 0.3 is 5.97 Å². The topological polar surface area (TPSA) is 93.2 Å². The Morgan fingerprint density at radius 2 is 1.96 bits per heavy atom. The number of pyridine rings is 1. The van der Waals surface area contributed by atoms with Crippen LogP contribution in [0.15, 0.2) is 48.0 Å². The van der Waals surface area contributed by atoms with Gasteiger partial charge in [0, 0.05) is 17.3 Å². The molecule has 1 aromatic carbocycles. The lowest BCUT2D eigenvalue weighted by Gasteiger charge is -2.05. The predicted molar refractivity (Wildman–Crippen MR) is 104 cm³/mol. The first-order chi connectivity index (χ1) is 13.0. The van der Waals surface area contributed by atoms with E-state index in [1.54, 1.807) is 30.5 Å². The number of ether oxygens (including phenoxy) is 1. The van der Waals surface area contributed by atoms with Crippen molar-refractivity contribution >= 4 is 39.9 Å². The summed E-state index contributed by atoms with van der Waals surface area (Å²) in [5.41, 5.74) is 2.79. The highest BCUT2D eigenvalue weighted by Gasteiger charge is 2.10. The minimum atomic E-state index is -0.418. The van der Waals surface area contributed by atoms with Gasteiger partial charge in [0.05, 0.1) is 24.8 Å². The Morgan fingerprint density at radius 3 is 2.67 bits per heavy atom. The van der Waals surface area contributed by atoms with Gasteiger partial charge in [0.2, 0.25) is 5.91 Å². The monoisotopic (exact) mass is 382 g/mol. The van der Waals surface area contributed by atoms with Crippen LogP contribution in [0.1, 0.15) is 21.6 Å². The van der Waals surface area contributed by atoms with Gasteiger partial charge in [-0.1, -0.05) is 0 Å². The second kappa shape index (κ2) is 8.41. The second-order valence-corrected chi connectivity index (χ2v) is 6.64. The third kappa shape index (κ3) is 5.11. The molecule has 138 valence electrons. The van der Waals surface area contributed by atoms with Crippen molar-refractivity contribution in [2.24, 2.45) is 0 Å². The Kier molecular flexibility index (Phi) is 5.77. The maximum atomic E-state index is 12.2. The number of methoxy groups -OCH3 is 1. The summed E-state index contributed by atoms with van der Waals surface area (Å²) in [7, 11) is 1.32. The zero-order chi connectivity index (χ0) is 19.2.